The number of benzene rings is 4. The fourth-order valence-corrected chi connectivity index (χ4v) is 12.7. The number of carbonyl (C=O) groups excluding carboxylic acids is 2. The molecular formula is C40H45IN2O6Si. The highest BCUT2D eigenvalue weighted by atomic mass is 127. The molecule has 8 nitrogen and oxygen atoms in total. The SMILES string of the molecule is COc1ccc([Si](C)(C)[C@@H]2[C@@H](CC(=O)N(CCO)Cc3ccccc3)O[C@]3(C(=O)N(Cc4cccc(I)c4)c4ccc(OC)cc43)[C@H]2C)cc1. The lowest BCUT2D eigenvalue weighted by Gasteiger charge is -2.37. The Bertz CT molecular complexity index is 1840. The van der Waals surface area contributed by atoms with E-state index in [-0.39, 0.29) is 42.8 Å². The van der Waals surface area contributed by atoms with Gasteiger partial charge in [-0.1, -0.05) is 79.8 Å². The van der Waals surface area contributed by atoms with Gasteiger partial charge in [-0.15, -0.1) is 0 Å². The highest BCUT2D eigenvalue weighted by Gasteiger charge is 2.66. The maximum atomic E-state index is 15.1. The van der Waals surface area contributed by atoms with Crippen LogP contribution in [-0.4, -0.2) is 63.4 Å². The van der Waals surface area contributed by atoms with E-state index in [1.165, 1.54) is 5.19 Å². The molecule has 0 radical (unpaired) electrons. The zero-order chi connectivity index (χ0) is 35.6. The van der Waals surface area contributed by atoms with Gasteiger partial charge in [-0.3, -0.25) is 9.59 Å². The van der Waals surface area contributed by atoms with Crippen LogP contribution < -0.4 is 19.6 Å². The van der Waals surface area contributed by atoms with Gasteiger partial charge in [-0.05, 0) is 81.7 Å². The fraction of sp³-hybridized carbons (Fsp3) is 0.350. The summed E-state index contributed by atoms with van der Waals surface area (Å²) in [4.78, 5) is 32.9. The number of amides is 2. The molecule has 2 aliphatic heterocycles. The molecule has 0 bridgehead atoms. The first-order valence-electron chi connectivity index (χ1n) is 17.0. The molecule has 2 aliphatic rings. The molecular weight excluding hydrogens is 759 g/mol. The summed E-state index contributed by atoms with van der Waals surface area (Å²) in [5, 5.41) is 11.2. The number of aliphatic hydroxyl groups is 1. The van der Waals surface area contributed by atoms with E-state index in [2.05, 4.69) is 60.8 Å². The molecule has 4 atom stereocenters. The molecule has 10 heteroatoms. The van der Waals surface area contributed by atoms with Crippen LogP contribution in [0.4, 0.5) is 5.69 Å². The smallest absolute Gasteiger partial charge is 0.264 e. The van der Waals surface area contributed by atoms with Crippen LogP contribution in [0.3, 0.4) is 0 Å². The average molecular weight is 805 g/mol. The van der Waals surface area contributed by atoms with Gasteiger partial charge in [0.1, 0.15) is 11.5 Å². The molecule has 0 unspecified atom stereocenters. The monoisotopic (exact) mass is 804 g/mol. The number of fused-ring (bicyclic) bond motifs is 2. The molecule has 2 amide bonds. The summed E-state index contributed by atoms with van der Waals surface area (Å²) in [6.45, 7) is 7.55. The number of hydrogen-bond acceptors (Lipinski definition) is 6. The average Bonchev–Trinajstić information content (AvgIpc) is 3.54. The number of nitrogens with zero attached hydrogens (tertiary/aromatic N) is 2. The van der Waals surface area contributed by atoms with Crippen LogP contribution in [0.2, 0.25) is 18.6 Å². The lowest BCUT2D eigenvalue weighted by atomic mass is 9.82. The maximum absolute atomic E-state index is 15.1. The Balaban J connectivity index is 1.44. The van der Waals surface area contributed by atoms with Crippen molar-refractivity contribution in [3.05, 3.63) is 117 Å². The van der Waals surface area contributed by atoms with Crippen molar-refractivity contribution in [3.63, 3.8) is 0 Å². The summed E-state index contributed by atoms with van der Waals surface area (Å²) < 4.78 is 19.5. The Morgan fingerprint density at radius 2 is 1.62 bits per heavy atom. The van der Waals surface area contributed by atoms with Gasteiger partial charge in [-0.25, -0.2) is 0 Å². The third kappa shape index (κ3) is 6.70. The normalized spacial score (nSPS) is 21.4. The van der Waals surface area contributed by atoms with Crippen LogP contribution in [0.5, 0.6) is 11.5 Å². The van der Waals surface area contributed by atoms with Crippen molar-refractivity contribution in [1.29, 1.82) is 0 Å². The molecule has 0 aliphatic carbocycles. The van der Waals surface area contributed by atoms with Crippen molar-refractivity contribution in [2.24, 2.45) is 5.92 Å². The van der Waals surface area contributed by atoms with E-state index in [0.717, 1.165) is 31.7 Å². The maximum Gasteiger partial charge on any atom is 0.264 e. The van der Waals surface area contributed by atoms with Crippen molar-refractivity contribution in [2.75, 3.05) is 32.3 Å². The molecule has 6 rings (SSSR count). The topological polar surface area (TPSA) is 88.5 Å². The standard InChI is InChI=1S/C40H45IN2O6Si/c1-27-38(50(4,5)33-17-14-31(47-2)15-18-33)36(24-37(45)42(20-21-44)25-28-10-7-6-8-11-28)49-40(27)34-23-32(48-3)16-19-35(34)43(39(40)46)26-29-12-9-13-30(41)22-29/h6-19,22-23,27,36,38,44H,20-21,24-26H2,1-5H3/t27-,36+,38-,40+/m0/s1. The minimum Gasteiger partial charge on any atom is -0.497 e. The quantitative estimate of drug-likeness (QED) is 0.130. The second-order valence-corrected chi connectivity index (χ2v) is 19.7. The van der Waals surface area contributed by atoms with E-state index in [1.807, 2.05) is 83.8 Å². The van der Waals surface area contributed by atoms with Crippen LogP contribution in [0.15, 0.2) is 97.1 Å². The number of methoxy groups -OCH3 is 2. The van der Waals surface area contributed by atoms with Gasteiger partial charge in [0.2, 0.25) is 5.91 Å². The van der Waals surface area contributed by atoms with Crippen LogP contribution in [-0.2, 0) is 33.0 Å². The summed E-state index contributed by atoms with van der Waals surface area (Å²) in [7, 11) is 0.805. The van der Waals surface area contributed by atoms with E-state index in [9.17, 15) is 9.90 Å². The molecule has 1 N–H and O–H groups in total. The number of hydrogen-bond donors (Lipinski definition) is 1. The molecule has 262 valence electrons. The van der Waals surface area contributed by atoms with Gasteiger partial charge < -0.3 is 29.1 Å². The van der Waals surface area contributed by atoms with Crippen molar-refractivity contribution >= 4 is 53.4 Å². The van der Waals surface area contributed by atoms with E-state index < -0.39 is 19.8 Å². The molecule has 2 heterocycles. The lowest BCUT2D eigenvalue weighted by molar-refractivity contribution is -0.150. The number of halogens is 1. The predicted octanol–water partition coefficient (Wildman–Crippen LogP) is 6.48. The van der Waals surface area contributed by atoms with Gasteiger partial charge in [0, 0.05) is 28.1 Å². The number of rotatable bonds is 12. The van der Waals surface area contributed by atoms with Gasteiger partial charge >= 0.3 is 0 Å². The highest BCUT2D eigenvalue weighted by molar-refractivity contribution is 14.1. The summed E-state index contributed by atoms with van der Waals surface area (Å²) in [6.07, 6.45) is -0.474. The fourth-order valence-electron chi connectivity index (χ4n) is 8.11. The Morgan fingerprint density at radius 3 is 2.28 bits per heavy atom. The highest BCUT2D eigenvalue weighted by Crippen LogP contribution is 2.60. The Morgan fingerprint density at radius 1 is 0.940 bits per heavy atom. The molecule has 1 saturated heterocycles. The minimum absolute atomic E-state index is 0.0830. The number of aliphatic hydroxyl groups excluding tert-OH is 1. The third-order valence-corrected chi connectivity index (χ3v) is 15.6. The van der Waals surface area contributed by atoms with Gasteiger partial charge in [0.05, 0.1) is 53.7 Å². The van der Waals surface area contributed by atoms with Crippen molar-refractivity contribution in [2.45, 2.75) is 56.8 Å². The summed E-state index contributed by atoms with van der Waals surface area (Å²) in [6, 6.07) is 31.9. The van der Waals surface area contributed by atoms with Crippen molar-refractivity contribution in [3.8, 4) is 11.5 Å². The van der Waals surface area contributed by atoms with Gasteiger partial charge in [0.25, 0.3) is 5.91 Å². The zero-order valence-electron chi connectivity index (χ0n) is 29.3. The molecule has 0 aromatic heterocycles. The molecule has 1 spiro atoms. The minimum atomic E-state index is -2.48. The zero-order valence-corrected chi connectivity index (χ0v) is 32.4. The summed E-state index contributed by atoms with van der Waals surface area (Å²) >= 11 is 2.29. The van der Waals surface area contributed by atoms with Gasteiger partial charge in [0.15, 0.2) is 5.60 Å². The molecule has 1 fully saturated rings. The van der Waals surface area contributed by atoms with Crippen LogP contribution in [0.25, 0.3) is 0 Å². The Kier molecular flexibility index (Phi) is 10.7. The van der Waals surface area contributed by atoms with Crippen LogP contribution in [0, 0.1) is 9.49 Å². The van der Waals surface area contributed by atoms with E-state index in [4.69, 9.17) is 14.2 Å². The Hall–Kier alpha value is -3.71. The van der Waals surface area contributed by atoms with Crippen molar-refractivity contribution < 1.29 is 28.9 Å². The second kappa shape index (κ2) is 14.9. The third-order valence-electron chi connectivity index (χ3n) is 10.6. The second-order valence-electron chi connectivity index (χ2n) is 13.8. The van der Waals surface area contributed by atoms with Crippen LogP contribution >= 0.6 is 22.6 Å². The number of carbonyl (C=O) groups is 2. The van der Waals surface area contributed by atoms with E-state index in [0.29, 0.717) is 18.8 Å². The number of anilines is 1. The largest absolute Gasteiger partial charge is 0.497 e. The molecule has 0 saturated carbocycles. The van der Waals surface area contributed by atoms with Crippen molar-refractivity contribution in [1.82, 2.24) is 4.90 Å². The predicted molar refractivity (Wildman–Crippen MR) is 206 cm³/mol. The van der Waals surface area contributed by atoms with Gasteiger partial charge in [-0.2, -0.15) is 0 Å². The molecule has 50 heavy (non-hydrogen) atoms. The lowest BCUT2D eigenvalue weighted by Crippen LogP contribution is -2.52. The molecule has 4 aromatic rings. The summed E-state index contributed by atoms with van der Waals surface area (Å²) in [5.74, 6) is 0.902. The van der Waals surface area contributed by atoms with E-state index >= 15 is 4.79 Å². The summed E-state index contributed by atoms with van der Waals surface area (Å²) in [5.41, 5.74) is 2.13. The molecule has 4 aromatic carbocycles. The number of ether oxygens (including phenoxy) is 3. The first-order chi connectivity index (χ1) is 24.0. The first-order valence-corrected chi connectivity index (χ1v) is 21.2. The first kappa shape index (κ1) is 36.1. The Labute approximate surface area is 309 Å². The van der Waals surface area contributed by atoms with Crippen LogP contribution in [0.1, 0.15) is 30.0 Å². The van der Waals surface area contributed by atoms with E-state index in [1.54, 1.807) is 19.1 Å².